The van der Waals surface area contributed by atoms with E-state index < -0.39 is 0 Å². The number of carbonyl (C=O) groups is 2. The number of unbranched alkanes of at least 4 members (excludes halogenated alkanes) is 1. The molecule has 1 aromatic rings. The SMILES string of the molecule is CCCCOCCCN1C(=O)C(SCCO)=C(c2ccccc2OC)C1=O. The molecule has 27 heavy (non-hydrogen) atoms. The van der Waals surface area contributed by atoms with Crippen LogP contribution in [0, 0.1) is 0 Å². The summed E-state index contributed by atoms with van der Waals surface area (Å²) in [7, 11) is 1.53. The molecule has 0 aliphatic carbocycles. The lowest BCUT2D eigenvalue weighted by molar-refractivity contribution is -0.136. The molecule has 2 rings (SSSR count). The summed E-state index contributed by atoms with van der Waals surface area (Å²) in [5.74, 6) is 0.257. The monoisotopic (exact) mass is 393 g/mol. The fourth-order valence-corrected chi connectivity index (χ4v) is 3.67. The van der Waals surface area contributed by atoms with Crippen molar-refractivity contribution in [1.82, 2.24) is 4.90 Å². The minimum absolute atomic E-state index is 0.0693. The number of amides is 2. The molecular formula is C20H27NO5S. The number of methoxy groups -OCH3 is 1. The van der Waals surface area contributed by atoms with Gasteiger partial charge in [-0.25, -0.2) is 0 Å². The second kappa shape index (κ2) is 11.1. The molecule has 1 aliphatic heterocycles. The number of carbonyl (C=O) groups excluding carboxylic acids is 2. The molecule has 0 fully saturated rings. The van der Waals surface area contributed by atoms with E-state index in [-0.39, 0.29) is 18.4 Å². The van der Waals surface area contributed by atoms with E-state index >= 15 is 0 Å². The van der Waals surface area contributed by atoms with Gasteiger partial charge in [0.25, 0.3) is 11.8 Å². The van der Waals surface area contributed by atoms with Crippen molar-refractivity contribution in [2.75, 3.05) is 39.2 Å². The fourth-order valence-electron chi connectivity index (χ4n) is 2.80. The number of benzene rings is 1. The Morgan fingerprint density at radius 3 is 2.56 bits per heavy atom. The van der Waals surface area contributed by atoms with E-state index in [1.165, 1.54) is 23.8 Å². The summed E-state index contributed by atoms with van der Waals surface area (Å²) in [4.78, 5) is 27.5. The molecule has 1 aliphatic rings. The Balaban J connectivity index is 2.17. The van der Waals surface area contributed by atoms with E-state index in [4.69, 9.17) is 14.6 Å². The van der Waals surface area contributed by atoms with Gasteiger partial charge in [0.1, 0.15) is 5.75 Å². The Morgan fingerprint density at radius 2 is 1.85 bits per heavy atom. The first kappa shape index (κ1) is 21.5. The summed E-state index contributed by atoms with van der Waals surface area (Å²) in [6.45, 7) is 3.55. The minimum atomic E-state index is -0.321. The summed E-state index contributed by atoms with van der Waals surface area (Å²) in [6, 6.07) is 7.16. The van der Waals surface area contributed by atoms with E-state index in [0.717, 1.165) is 12.8 Å². The van der Waals surface area contributed by atoms with Crippen LogP contribution in [0.3, 0.4) is 0 Å². The molecule has 0 saturated heterocycles. The quantitative estimate of drug-likeness (QED) is 0.435. The number of thioether (sulfide) groups is 1. The van der Waals surface area contributed by atoms with Crippen LogP contribution in [0.1, 0.15) is 31.7 Å². The molecule has 2 amide bonds. The van der Waals surface area contributed by atoms with Gasteiger partial charge in [0.15, 0.2) is 0 Å². The van der Waals surface area contributed by atoms with Crippen LogP contribution in [0.4, 0.5) is 0 Å². The number of ether oxygens (including phenoxy) is 2. The number of para-hydroxylation sites is 1. The van der Waals surface area contributed by atoms with Crippen LogP contribution in [0.15, 0.2) is 29.2 Å². The second-order valence-electron chi connectivity index (χ2n) is 6.06. The summed E-state index contributed by atoms with van der Waals surface area (Å²) in [5, 5.41) is 9.15. The van der Waals surface area contributed by atoms with E-state index in [1.54, 1.807) is 18.2 Å². The van der Waals surface area contributed by atoms with Gasteiger partial charge in [0, 0.05) is 31.1 Å². The average molecular weight is 394 g/mol. The molecule has 0 unspecified atom stereocenters. The van der Waals surface area contributed by atoms with Gasteiger partial charge in [-0.05, 0) is 18.9 Å². The number of nitrogens with zero attached hydrogens (tertiary/aromatic N) is 1. The van der Waals surface area contributed by atoms with Crippen molar-refractivity contribution in [3.8, 4) is 5.75 Å². The van der Waals surface area contributed by atoms with E-state index in [2.05, 4.69) is 6.92 Å². The third kappa shape index (κ3) is 5.34. The normalized spacial score (nSPS) is 14.4. The van der Waals surface area contributed by atoms with Gasteiger partial charge in [0.05, 0.1) is 24.2 Å². The first-order valence-corrected chi connectivity index (χ1v) is 10.2. The van der Waals surface area contributed by atoms with E-state index in [9.17, 15) is 9.59 Å². The number of hydrogen-bond donors (Lipinski definition) is 1. The molecule has 0 aromatic heterocycles. The van der Waals surface area contributed by atoms with Crippen LogP contribution >= 0.6 is 11.8 Å². The first-order chi connectivity index (χ1) is 13.2. The van der Waals surface area contributed by atoms with Gasteiger partial charge in [0.2, 0.25) is 0 Å². The summed E-state index contributed by atoms with van der Waals surface area (Å²) in [5.41, 5.74) is 0.947. The van der Waals surface area contributed by atoms with Crippen LogP contribution in [0.25, 0.3) is 5.57 Å². The molecule has 0 radical (unpaired) electrons. The van der Waals surface area contributed by atoms with Crippen molar-refractivity contribution in [1.29, 1.82) is 0 Å². The van der Waals surface area contributed by atoms with Crippen molar-refractivity contribution < 1.29 is 24.2 Å². The highest BCUT2D eigenvalue weighted by molar-refractivity contribution is 8.04. The maximum absolute atomic E-state index is 13.0. The highest BCUT2D eigenvalue weighted by atomic mass is 32.2. The Labute approximate surface area is 164 Å². The second-order valence-corrected chi connectivity index (χ2v) is 7.16. The zero-order valence-electron chi connectivity index (χ0n) is 15.9. The maximum Gasteiger partial charge on any atom is 0.267 e. The van der Waals surface area contributed by atoms with Gasteiger partial charge < -0.3 is 14.6 Å². The lowest BCUT2D eigenvalue weighted by atomic mass is 10.1. The summed E-state index contributed by atoms with van der Waals surface area (Å²) in [6.07, 6.45) is 2.67. The topological polar surface area (TPSA) is 76.1 Å². The molecule has 7 heteroatoms. The Bertz CT molecular complexity index is 689. The van der Waals surface area contributed by atoms with Crippen LogP contribution in [0.2, 0.25) is 0 Å². The van der Waals surface area contributed by atoms with Crippen LogP contribution in [0.5, 0.6) is 5.75 Å². The zero-order chi connectivity index (χ0) is 19.6. The molecule has 1 heterocycles. The smallest absolute Gasteiger partial charge is 0.267 e. The Hall–Kier alpha value is -1.83. The number of aliphatic hydroxyl groups is 1. The third-order valence-corrected chi connectivity index (χ3v) is 5.21. The number of rotatable bonds is 12. The first-order valence-electron chi connectivity index (χ1n) is 9.20. The van der Waals surface area contributed by atoms with Gasteiger partial charge in [-0.15, -0.1) is 11.8 Å². The highest BCUT2D eigenvalue weighted by Crippen LogP contribution is 2.39. The van der Waals surface area contributed by atoms with E-state index in [0.29, 0.717) is 53.7 Å². The van der Waals surface area contributed by atoms with Crippen molar-refractivity contribution in [2.45, 2.75) is 26.2 Å². The van der Waals surface area contributed by atoms with Gasteiger partial charge >= 0.3 is 0 Å². The number of imide groups is 1. The zero-order valence-corrected chi connectivity index (χ0v) is 16.7. The largest absolute Gasteiger partial charge is 0.496 e. The number of aliphatic hydroxyl groups excluding tert-OH is 1. The predicted molar refractivity (Wildman–Crippen MR) is 107 cm³/mol. The van der Waals surface area contributed by atoms with Crippen molar-refractivity contribution in [3.05, 3.63) is 34.7 Å². The van der Waals surface area contributed by atoms with Crippen molar-refractivity contribution in [3.63, 3.8) is 0 Å². The van der Waals surface area contributed by atoms with Crippen molar-refractivity contribution in [2.24, 2.45) is 0 Å². The number of hydrogen-bond acceptors (Lipinski definition) is 6. The standard InChI is InChI=1S/C20H27NO5S/c1-3-4-12-26-13-7-10-21-19(23)17(18(20(21)24)27-14-11-22)15-8-5-6-9-16(15)25-2/h5-6,8-9,22H,3-4,7,10-14H2,1-2H3. The molecule has 0 spiro atoms. The molecule has 6 nitrogen and oxygen atoms in total. The third-order valence-electron chi connectivity index (χ3n) is 4.15. The molecule has 0 bridgehead atoms. The van der Waals surface area contributed by atoms with Gasteiger partial charge in [-0.3, -0.25) is 14.5 Å². The Morgan fingerprint density at radius 1 is 1.11 bits per heavy atom. The molecule has 0 atom stereocenters. The molecule has 0 saturated carbocycles. The average Bonchev–Trinajstić information content (AvgIpc) is 2.92. The van der Waals surface area contributed by atoms with Crippen LogP contribution < -0.4 is 4.74 Å². The summed E-state index contributed by atoms with van der Waals surface area (Å²) < 4.78 is 10.9. The highest BCUT2D eigenvalue weighted by Gasteiger charge is 2.39. The fraction of sp³-hybridized carbons (Fsp3) is 0.500. The molecule has 148 valence electrons. The van der Waals surface area contributed by atoms with Gasteiger partial charge in [-0.2, -0.15) is 0 Å². The maximum atomic E-state index is 13.0. The minimum Gasteiger partial charge on any atom is -0.496 e. The summed E-state index contributed by atoms with van der Waals surface area (Å²) >= 11 is 1.20. The van der Waals surface area contributed by atoms with Crippen molar-refractivity contribution >= 4 is 29.1 Å². The molecular weight excluding hydrogens is 366 g/mol. The molecule has 1 aromatic carbocycles. The Kier molecular flexibility index (Phi) is 8.84. The lowest BCUT2D eigenvalue weighted by Gasteiger charge is -2.15. The lowest BCUT2D eigenvalue weighted by Crippen LogP contribution is -2.33. The van der Waals surface area contributed by atoms with E-state index in [1.807, 2.05) is 6.07 Å². The predicted octanol–water partition coefficient (Wildman–Crippen LogP) is 2.71. The van der Waals surface area contributed by atoms with Crippen LogP contribution in [-0.2, 0) is 14.3 Å². The van der Waals surface area contributed by atoms with Crippen LogP contribution in [-0.4, -0.2) is 61.0 Å². The molecule has 1 N–H and O–H groups in total. The van der Waals surface area contributed by atoms with Gasteiger partial charge in [-0.1, -0.05) is 31.5 Å².